The highest BCUT2D eigenvalue weighted by Gasteiger charge is 2.47. The Bertz CT molecular complexity index is 760. The van der Waals surface area contributed by atoms with E-state index in [0.717, 1.165) is 37.7 Å². The number of para-hydroxylation sites is 1. The molecule has 0 spiro atoms. The van der Waals surface area contributed by atoms with Gasteiger partial charge in [-0.1, -0.05) is 24.6 Å². The lowest BCUT2D eigenvalue weighted by molar-refractivity contribution is -0.153. The van der Waals surface area contributed by atoms with E-state index in [1.807, 2.05) is 12.1 Å². The molecule has 1 heterocycles. The van der Waals surface area contributed by atoms with Crippen molar-refractivity contribution in [3.63, 3.8) is 0 Å². The third kappa shape index (κ3) is 3.63. The summed E-state index contributed by atoms with van der Waals surface area (Å²) in [5.41, 5.74) is 1.33. The van der Waals surface area contributed by atoms with Crippen LogP contribution in [0, 0.1) is 5.92 Å². The number of ether oxygens (including phenoxy) is 1. The summed E-state index contributed by atoms with van der Waals surface area (Å²) in [5, 5.41) is 12.6. The largest absolute Gasteiger partial charge is 0.465 e. The fourth-order valence-corrected chi connectivity index (χ4v) is 4.34. The van der Waals surface area contributed by atoms with E-state index in [9.17, 15) is 19.5 Å². The number of esters is 1. The van der Waals surface area contributed by atoms with Crippen molar-refractivity contribution < 1.29 is 24.2 Å². The van der Waals surface area contributed by atoms with E-state index in [2.05, 4.69) is 5.32 Å². The zero-order valence-electron chi connectivity index (χ0n) is 15.1. The Kier molecular flexibility index (Phi) is 4.76. The number of hydrogen-bond acceptors (Lipinski definition) is 4. The first kappa shape index (κ1) is 17.8. The number of carboxylic acid groups (broad SMARTS) is 1. The summed E-state index contributed by atoms with van der Waals surface area (Å²) in [5.74, 6) is -0.565. The average molecular weight is 372 g/mol. The quantitative estimate of drug-likeness (QED) is 0.775. The minimum Gasteiger partial charge on any atom is -0.465 e. The van der Waals surface area contributed by atoms with Crippen molar-refractivity contribution in [1.82, 2.24) is 5.32 Å². The Labute approximate surface area is 157 Å². The van der Waals surface area contributed by atoms with Gasteiger partial charge in [-0.15, -0.1) is 0 Å². The summed E-state index contributed by atoms with van der Waals surface area (Å²) in [6.45, 7) is 0. The number of carbonyl (C=O) groups excluding carboxylic acids is 2. The number of nitrogens with one attached hydrogen (secondary N) is 1. The minimum atomic E-state index is -0.971. The molecule has 2 aliphatic carbocycles. The van der Waals surface area contributed by atoms with Crippen LogP contribution < -0.4 is 10.2 Å². The maximum absolute atomic E-state index is 12.4. The maximum atomic E-state index is 12.4. The fraction of sp³-hybridized carbons (Fsp3) is 0.550. The second-order valence-corrected chi connectivity index (χ2v) is 7.63. The van der Waals surface area contributed by atoms with Crippen molar-refractivity contribution >= 4 is 23.7 Å². The molecular weight excluding hydrogens is 348 g/mol. The Morgan fingerprint density at radius 2 is 1.89 bits per heavy atom. The third-order valence-corrected chi connectivity index (χ3v) is 5.72. The molecule has 2 amide bonds. The summed E-state index contributed by atoms with van der Waals surface area (Å²) >= 11 is 0. The van der Waals surface area contributed by atoms with Crippen molar-refractivity contribution in [2.45, 2.75) is 63.1 Å². The van der Waals surface area contributed by atoms with Gasteiger partial charge in [-0.05, 0) is 31.7 Å². The van der Waals surface area contributed by atoms with Crippen LogP contribution in [0.5, 0.6) is 0 Å². The second kappa shape index (κ2) is 7.21. The predicted molar refractivity (Wildman–Crippen MR) is 97.3 cm³/mol. The lowest BCUT2D eigenvalue weighted by atomic mass is 9.85. The van der Waals surface area contributed by atoms with Gasteiger partial charge in [0.15, 0.2) is 0 Å². The highest BCUT2D eigenvalue weighted by molar-refractivity contribution is 5.89. The van der Waals surface area contributed by atoms with Crippen LogP contribution in [0.4, 0.5) is 10.5 Å². The molecule has 4 rings (SSSR count). The van der Waals surface area contributed by atoms with Gasteiger partial charge in [0.1, 0.15) is 6.10 Å². The van der Waals surface area contributed by atoms with E-state index in [4.69, 9.17) is 4.74 Å². The third-order valence-electron chi connectivity index (χ3n) is 5.72. The van der Waals surface area contributed by atoms with Crippen LogP contribution in [0.2, 0.25) is 0 Å². The van der Waals surface area contributed by atoms with Crippen LogP contribution in [-0.4, -0.2) is 35.2 Å². The monoisotopic (exact) mass is 372 g/mol. The number of hydrogen-bond donors (Lipinski definition) is 2. The molecule has 0 saturated heterocycles. The van der Waals surface area contributed by atoms with Gasteiger partial charge in [-0.25, -0.2) is 4.79 Å². The number of carbonyl (C=O) groups is 3. The molecule has 7 nitrogen and oxygen atoms in total. The van der Waals surface area contributed by atoms with E-state index in [0.29, 0.717) is 5.69 Å². The van der Waals surface area contributed by atoms with Gasteiger partial charge < -0.3 is 15.2 Å². The Hall–Kier alpha value is -2.57. The lowest BCUT2D eigenvalue weighted by Gasteiger charge is -2.41. The highest BCUT2D eigenvalue weighted by Crippen LogP contribution is 2.49. The summed E-state index contributed by atoms with van der Waals surface area (Å²) in [7, 11) is 0. The number of fused-ring (bicyclic) bond motifs is 2. The maximum Gasteiger partial charge on any atom is 0.412 e. The molecule has 0 radical (unpaired) electrons. The molecule has 144 valence electrons. The van der Waals surface area contributed by atoms with E-state index in [1.165, 1.54) is 4.90 Å². The molecule has 7 heteroatoms. The van der Waals surface area contributed by atoms with Crippen LogP contribution in [0.25, 0.3) is 0 Å². The topological polar surface area (TPSA) is 95.9 Å². The first-order valence-corrected chi connectivity index (χ1v) is 9.64. The smallest absolute Gasteiger partial charge is 0.412 e. The first-order valence-electron chi connectivity index (χ1n) is 9.64. The molecular formula is C20H24N2O5. The molecule has 0 bridgehead atoms. The van der Waals surface area contributed by atoms with Gasteiger partial charge in [0, 0.05) is 30.0 Å². The SMILES string of the molecule is O=C(CCC(=O)OC1c2ccccc2N(C(=O)O)[C@@H]2CCC[C@H]12)NC1CC1. The van der Waals surface area contributed by atoms with Crippen LogP contribution in [0.15, 0.2) is 24.3 Å². The highest BCUT2D eigenvalue weighted by atomic mass is 16.5. The van der Waals surface area contributed by atoms with E-state index < -0.39 is 18.2 Å². The number of anilines is 1. The van der Waals surface area contributed by atoms with E-state index in [-0.39, 0.29) is 36.8 Å². The average Bonchev–Trinajstić information content (AvgIpc) is 3.32. The second-order valence-electron chi connectivity index (χ2n) is 7.63. The van der Waals surface area contributed by atoms with Gasteiger partial charge in [-0.3, -0.25) is 14.5 Å². The number of nitrogens with zero attached hydrogens (tertiary/aromatic N) is 1. The zero-order chi connectivity index (χ0) is 19.0. The van der Waals surface area contributed by atoms with Crippen molar-refractivity contribution in [1.29, 1.82) is 0 Å². The molecule has 0 aromatic heterocycles. The minimum absolute atomic E-state index is 0.0389. The van der Waals surface area contributed by atoms with Crippen LogP contribution in [0.3, 0.4) is 0 Å². The Morgan fingerprint density at radius 3 is 2.63 bits per heavy atom. The van der Waals surface area contributed by atoms with Gasteiger partial charge in [0.25, 0.3) is 0 Å². The van der Waals surface area contributed by atoms with Crippen molar-refractivity contribution in [2.75, 3.05) is 4.90 Å². The van der Waals surface area contributed by atoms with Crippen LogP contribution >= 0.6 is 0 Å². The van der Waals surface area contributed by atoms with Gasteiger partial charge in [-0.2, -0.15) is 0 Å². The van der Waals surface area contributed by atoms with Crippen LogP contribution in [0.1, 0.15) is 56.6 Å². The molecule has 27 heavy (non-hydrogen) atoms. The summed E-state index contributed by atoms with van der Waals surface area (Å²) in [6.07, 6.45) is 3.26. The summed E-state index contributed by atoms with van der Waals surface area (Å²) in [4.78, 5) is 37.5. The number of rotatable bonds is 5. The molecule has 1 aromatic carbocycles. The molecule has 2 N–H and O–H groups in total. The summed E-state index contributed by atoms with van der Waals surface area (Å²) < 4.78 is 5.79. The van der Waals surface area contributed by atoms with Gasteiger partial charge >= 0.3 is 12.1 Å². The van der Waals surface area contributed by atoms with Crippen molar-refractivity contribution in [3.8, 4) is 0 Å². The molecule has 3 atom stereocenters. The molecule has 2 saturated carbocycles. The normalized spacial score (nSPS) is 26.1. The standard InChI is InChI=1S/C20H24N2O5/c23-17(21-12-8-9-12)10-11-18(24)27-19-13-4-1-2-6-15(13)22(20(25)26)16-7-3-5-14(16)19/h1-2,4,6,12,14,16,19H,3,5,7-11H2,(H,21,23)(H,25,26)/t14-,16+,19?/m0/s1. The molecule has 1 aliphatic heterocycles. The van der Waals surface area contributed by atoms with Crippen LogP contribution in [-0.2, 0) is 14.3 Å². The molecule has 1 aromatic rings. The fourth-order valence-electron chi connectivity index (χ4n) is 4.34. The van der Waals surface area contributed by atoms with Gasteiger partial charge in [0.05, 0.1) is 12.1 Å². The Balaban J connectivity index is 1.49. The molecule has 1 unspecified atom stereocenters. The van der Waals surface area contributed by atoms with Gasteiger partial charge in [0.2, 0.25) is 5.91 Å². The summed E-state index contributed by atoms with van der Waals surface area (Å²) in [6, 6.07) is 7.33. The van der Waals surface area contributed by atoms with Crippen molar-refractivity contribution in [3.05, 3.63) is 29.8 Å². The molecule has 2 fully saturated rings. The first-order chi connectivity index (χ1) is 13.0. The lowest BCUT2D eigenvalue weighted by Crippen LogP contribution is -2.48. The zero-order valence-corrected chi connectivity index (χ0v) is 15.1. The number of amides is 2. The Morgan fingerprint density at radius 1 is 1.11 bits per heavy atom. The van der Waals surface area contributed by atoms with E-state index >= 15 is 0 Å². The number of benzene rings is 1. The van der Waals surface area contributed by atoms with Crippen molar-refractivity contribution in [2.24, 2.45) is 5.92 Å². The predicted octanol–water partition coefficient (Wildman–Crippen LogP) is 3.00. The molecule has 3 aliphatic rings. The van der Waals surface area contributed by atoms with E-state index in [1.54, 1.807) is 12.1 Å².